The third-order valence-electron chi connectivity index (χ3n) is 3.92. The standard InChI is InChI=1S/C19H19NO2S/c1-15-6-5-7-16(12-15)14-20(2)23(21,22)19-11-10-17-8-3-4-9-18(17)13-19/h3-13H,14H2,1-2H3. The molecule has 4 heteroatoms. The normalized spacial score (nSPS) is 12.0. The Morgan fingerprint density at radius 3 is 2.35 bits per heavy atom. The fourth-order valence-corrected chi connectivity index (χ4v) is 3.86. The van der Waals surface area contributed by atoms with Crippen LogP contribution in [-0.2, 0) is 16.6 Å². The van der Waals surface area contributed by atoms with Gasteiger partial charge in [-0.2, -0.15) is 4.31 Å². The zero-order valence-electron chi connectivity index (χ0n) is 13.2. The Morgan fingerprint density at radius 2 is 1.61 bits per heavy atom. The van der Waals surface area contributed by atoms with Gasteiger partial charge in [0.15, 0.2) is 0 Å². The van der Waals surface area contributed by atoms with Crippen molar-refractivity contribution in [2.45, 2.75) is 18.4 Å². The van der Waals surface area contributed by atoms with Crippen LogP contribution in [0.4, 0.5) is 0 Å². The molecule has 118 valence electrons. The van der Waals surface area contributed by atoms with Crippen LogP contribution in [0.2, 0.25) is 0 Å². The summed E-state index contributed by atoms with van der Waals surface area (Å²) in [6, 6.07) is 20.9. The molecule has 3 rings (SSSR count). The Balaban J connectivity index is 1.92. The molecule has 3 aromatic rings. The summed E-state index contributed by atoms with van der Waals surface area (Å²) in [5.41, 5.74) is 2.11. The molecule has 0 radical (unpaired) electrons. The van der Waals surface area contributed by atoms with Crippen molar-refractivity contribution in [3.63, 3.8) is 0 Å². The molecule has 0 saturated carbocycles. The van der Waals surface area contributed by atoms with Crippen molar-refractivity contribution in [3.05, 3.63) is 77.9 Å². The average Bonchev–Trinajstić information content (AvgIpc) is 2.54. The highest BCUT2D eigenvalue weighted by molar-refractivity contribution is 7.89. The molecule has 0 amide bonds. The minimum Gasteiger partial charge on any atom is -0.207 e. The fraction of sp³-hybridized carbons (Fsp3) is 0.158. The number of aryl methyl sites for hydroxylation is 1. The molecule has 3 nitrogen and oxygen atoms in total. The van der Waals surface area contributed by atoms with Gasteiger partial charge in [-0.15, -0.1) is 0 Å². The minimum absolute atomic E-state index is 0.325. The summed E-state index contributed by atoms with van der Waals surface area (Å²) in [7, 11) is -1.89. The van der Waals surface area contributed by atoms with Gasteiger partial charge in [0.25, 0.3) is 0 Å². The monoisotopic (exact) mass is 325 g/mol. The first kappa shape index (κ1) is 15.7. The summed E-state index contributed by atoms with van der Waals surface area (Å²) in [5, 5.41) is 1.96. The Morgan fingerprint density at radius 1 is 0.870 bits per heavy atom. The molecule has 0 spiro atoms. The number of hydrogen-bond donors (Lipinski definition) is 0. The Labute approximate surface area is 137 Å². The number of benzene rings is 3. The van der Waals surface area contributed by atoms with Gasteiger partial charge in [0, 0.05) is 13.6 Å². The van der Waals surface area contributed by atoms with Gasteiger partial charge in [-0.3, -0.25) is 0 Å². The highest BCUT2D eigenvalue weighted by Gasteiger charge is 2.21. The maximum atomic E-state index is 12.8. The first-order chi connectivity index (χ1) is 11.0. The molecular formula is C19H19NO2S. The van der Waals surface area contributed by atoms with E-state index in [1.807, 2.05) is 61.5 Å². The van der Waals surface area contributed by atoms with Gasteiger partial charge in [-0.25, -0.2) is 8.42 Å². The van der Waals surface area contributed by atoms with Crippen LogP contribution >= 0.6 is 0 Å². The van der Waals surface area contributed by atoms with Gasteiger partial charge in [0.05, 0.1) is 4.90 Å². The first-order valence-corrected chi connectivity index (χ1v) is 8.91. The summed E-state index contributed by atoms with van der Waals surface area (Å²) in [5.74, 6) is 0. The number of fused-ring (bicyclic) bond motifs is 1. The predicted molar refractivity (Wildman–Crippen MR) is 93.8 cm³/mol. The summed E-state index contributed by atoms with van der Waals surface area (Å²) in [6.45, 7) is 2.36. The zero-order chi connectivity index (χ0) is 16.4. The van der Waals surface area contributed by atoms with Crippen LogP contribution in [0.1, 0.15) is 11.1 Å². The molecule has 0 aromatic heterocycles. The van der Waals surface area contributed by atoms with E-state index in [1.165, 1.54) is 4.31 Å². The molecule has 0 aliphatic rings. The second-order valence-electron chi connectivity index (χ2n) is 5.76. The first-order valence-electron chi connectivity index (χ1n) is 7.47. The van der Waals surface area contributed by atoms with Crippen LogP contribution in [0.3, 0.4) is 0 Å². The predicted octanol–water partition coefficient (Wildman–Crippen LogP) is 3.97. The summed E-state index contributed by atoms with van der Waals surface area (Å²) >= 11 is 0. The van der Waals surface area contributed by atoms with E-state index in [1.54, 1.807) is 19.2 Å². The van der Waals surface area contributed by atoms with Gasteiger partial charge in [0.2, 0.25) is 10.0 Å². The van der Waals surface area contributed by atoms with E-state index in [0.29, 0.717) is 11.4 Å². The molecule has 0 unspecified atom stereocenters. The van der Waals surface area contributed by atoms with Gasteiger partial charge in [-0.1, -0.05) is 60.2 Å². The Bertz CT molecular complexity index is 948. The molecule has 0 heterocycles. The number of nitrogens with zero attached hydrogens (tertiary/aromatic N) is 1. The number of hydrogen-bond acceptors (Lipinski definition) is 2. The topological polar surface area (TPSA) is 37.4 Å². The molecule has 0 aliphatic carbocycles. The van der Waals surface area contributed by atoms with Crippen molar-refractivity contribution in [2.24, 2.45) is 0 Å². The van der Waals surface area contributed by atoms with Crippen LogP contribution in [0, 0.1) is 6.92 Å². The van der Waals surface area contributed by atoms with E-state index in [9.17, 15) is 8.42 Å². The molecule has 0 bridgehead atoms. The highest BCUT2D eigenvalue weighted by atomic mass is 32.2. The Hall–Kier alpha value is -2.17. The third kappa shape index (κ3) is 3.28. The molecule has 3 aromatic carbocycles. The lowest BCUT2D eigenvalue weighted by atomic mass is 10.1. The van der Waals surface area contributed by atoms with Crippen LogP contribution in [-0.4, -0.2) is 19.8 Å². The summed E-state index contributed by atoms with van der Waals surface area (Å²) < 4.78 is 27.0. The van der Waals surface area contributed by atoms with Gasteiger partial charge < -0.3 is 0 Å². The SMILES string of the molecule is Cc1cccc(CN(C)S(=O)(=O)c2ccc3ccccc3c2)c1. The Kier molecular flexibility index (Phi) is 4.20. The van der Waals surface area contributed by atoms with E-state index in [2.05, 4.69) is 0 Å². The molecular weight excluding hydrogens is 306 g/mol. The van der Waals surface area contributed by atoms with E-state index in [0.717, 1.165) is 21.9 Å². The van der Waals surface area contributed by atoms with Crippen molar-refractivity contribution in [2.75, 3.05) is 7.05 Å². The van der Waals surface area contributed by atoms with E-state index in [-0.39, 0.29) is 0 Å². The molecule has 0 saturated heterocycles. The lowest BCUT2D eigenvalue weighted by Gasteiger charge is -2.18. The fourth-order valence-electron chi connectivity index (χ4n) is 2.66. The molecule has 0 atom stereocenters. The van der Waals surface area contributed by atoms with Crippen molar-refractivity contribution < 1.29 is 8.42 Å². The quantitative estimate of drug-likeness (QED) is 0.728. The van der Waals surface area contributed by atoms with Crippen molar-refractivity contribution in [1.82, 2.24) is 4.31 Å². The van der Waals surface area contributed by atoms with Crippen molar-refractivity contribution in [3.8, 4) is 0 Å². The second-order valence-corrected chi connectivity index (χ2v) is 7.80. The zero-order valence-corrected chi connectivity index (χ0v) is 14.0. The van der Waals surface area contributed by atoms with Crippen molar-refractivity contribution >= 4 is 20.8 Å². The molecule has 23 heavy (non-hydrogen) atoms. The second kappa shape index (κ2) is 6.14. The molecule has 0 aliphatic heterocycles. The van der Waals surface area contributed by atoms with Crippen LogP contribution in [0.25, 0.3) is 10.8 Å². The summed E-state index contributed by atoms with van der Waals surface area (Å²) in [4.78, 5) is 0.325. The number of rotatable bonds is 4. The summed E-state index contributed by atoms with van der Waals surface area (Å²) in [6.07, 6.45) is 0. The van der Waals surface area contributed by atoms with Crippen LogP contribution < -0.4 is 0 Å². The maximum Gasteiger partial charge on any atom is 0.243 e. The van der Waals surface area contributed by atoms with E-state index >= 15 is 0 Å². The lowest BCUT2D eigenvalue weighted by Crippen LogP contribution is -2.26. The average molecular weight is 325 g/mol. The van der Waals surface area contributed by atoms with Gasteiger partial charge >= 0.3 is 0 Å². The number of sulfonamides is 1. The molecule has 0 N–H and O–H groups in total. The lowest BCUT2D eigenvalue weighted by molar-refractivity contribution is 0.467. The van der Waals surface area contributed by atoms with Crippen LogP contribution in [0.5, 0.6) is 0 Å². The highest BCUT2D eigenvalue weighted by Crippen LogP contribution is 2.22. The van der Waals surface area contributed by atoms with E-state index in [4.69, 9.17) is 0 Å². The van der Waals surface area contributed by atoms with E-state index < -0.39 is 10.0 Å². The van der Waals surface area contributed by atoms with Crippen molar-refractivity contribution in [1.29, 1.82) is 0 Å². The molecule has 0 fully saturated rings. The van der Waals surface area contributed by atoms with Crippen LogP contribution in [0.15, 0.2) is 71.6 Å². The third-order valence-corrected chi connectivity index (χ3v) is 5.72. The minimum atomic E-state index is -3.51. The smallest absolute Gasteiger partial charge is 0.207 e. The van der Waals surface area contributed by atoms with Gasteiger partial charge in [-0.05, 0) is 35.4 Å². The maximum absolute atomic E-state index is 12.8. The van der Waals surface area contributed by atoms with Gasteiger partial charge in [0.1, 0.15) is 0 Å². The largest absolute Gasteiger partial charge is 0.243 e.